The van der Waals surface area contributed by atoms with Crippen LogP contribution in [0.3, 0.4) is 0 Å². The van der Waals surface area contributed by atoms with E-state index in [9.17, 15) is 8.42 Å². The van der Waals surface area contributed by atoms with E-state index in [1.54, 1.807) is 24.3 Å². The van der Waals surface area contributed by atoms with E-state index >= 15 is 0 Å². The Morgan fingerprint density at radius 2 is 1.77 bits per heavy atom. The van der Waals surface area contributed by atoms with Gasteiger partial charge in [0.25, 0.3) is 0 Å². The van der Waals surface area contributed by atoms with Gasteiger partial charge in [0.05, 0.1) is 6.61 Å². The molecule has 0 aliphatic rings. The van der Waals surface area contributed by atoms with Gasteiger partial charge >= 0.3 is 61.7 Å². The fourth-order valence-electron chi connectivity index (χ4n) is 0.724. The van der Waals surface area contributed by atoms with E-state index in [-0.39, 0.29) is 58.0 Å². The van der Waals surface area contributed by atoms with E-state index in [1.807, 2.05) is 6.07 Å². The first kappa shape index (κ1) is 13.7. The van der Waals surface area contributed by atoms with Crippen LogP contribution in [0.5, 0.6) is 0 Å². The molecule has 0 aromatic heterocycles. The summed E-state index contributed by atoms with van der Waals surface area (Å²) in [4.78, 5) is 0. The Hall–Kier alpha value is 0.726. The van der Waals surface area contributed by atoms with E-state index in [4.69, 9.17) is 0 Å². The van der Waals surface area contributed by atoms with E-state index in [1.165, 1.54) is 0 Å². The number of nitrogens with two attached hydrogens (primary N) is 1. The average Bonchev–Trinajstić information content (AvgIpc) is 2.02. The first-order valence-corrected chi connectivity index (χ1v) is 4.76. The summed E-state index contributed by atoms with van der Waals surface area (Å²) in [7, 11) is -3.82. The minimum atomic E-state index is -3.82. The van der Waals surface area contributed by atoms with Crippen molar-refractivity contribution in [3.05, 3.63) is 35.9 Å². The van der Waals surface area contributed by atoms with Gasteiger partial charge in [-0.05, 0) is 5.56 Å². The Labute approximate surface area is 120 Å². The molecule has 1 aromatic rings. The van der Waals surface area contributed by atoms with Crippen LogP contribution in [0.25, 0.3) is 0 Å². The molecule has 0 aliphatic heterocycles. The van der Waals surface area contributed by atoms with Crippen LogP contribution in [0.1, 0.15) is 5.56 Å². The van der Waals surface area contributed by atoms with E-state index in [0.717, 1.165) is 5.56 Å². The molecule has 0 bridgehead atoms. The molecule has 1 rings (SSSR count). The summed E-state index contributed by atoms with van der Waals surface area (Å²) in [5, 5.41) is 4.63. The zero-order valence-corrected chi connectivity index (χ0v) is 7.12. The van der Waals surface area contributed by atoms with Crippen molar-refractivity contribution in [2.24, 2.45) is 5.14 Å². The van der Waals surface area contributed by atoms with Gasteiger partial charge in [-0.15, -0.1) is 0 Å². The van der Waals surface area contributed by atoms with Crippen molar-refractivity contribution >= 4 is 61.7 Å². The maximum atomic E-state index is 10.4. The zero-order valence-electron chi connectivity index (χ0n) is 6.30. The summed E-state index contributed by atoms with van der Waals surface area (Å²) in [5.41, 5.74) is 0.770. The van der Waals surface area contributed by atoms with Gasteiger partial charge in [-0.2, -0.15) is 8.42 Å². The second kappa shape index (κ2) is 6.26. The quantitative estimate of drug-likeness (QED) is 0.724. The van der Waals surface area contributed by atoms with Gasteiger partial charge in [0.2, 0.25) is 0 Å². The van der Waals surface area contributed by atoms with Crippen LogP contribution in [-0.4, -0.2) is 59.8 Å². The van der Waals surface area contributed by atoms with Crippen molar-refractivity contribution in [1.29, 1.82) is 0 Å². The number of hydrogen-bond donors (Lipinski definition) is 1. The fourth-order valence-corrected chi connectivity index (χ4v) is 1.02. The fraction of sp³-hybridized carbons (Fsp3) is 0.143. The Kier molecular flexibility index (Phi) is 6.60. The molecule has 68 valence electrons. The SMILES string of the molecule is NS(=O)(=O)OCc1ccccc1.[KH]. The number of rotatable bonds is 3. The molecule has 0 spiro atoms. The van der Waals surface area contributed by atoms with Crippen molar-refractivity contribution in [3.63, 3.8) is 0 Å². The molecule has 0 saturated heterocycles. The molecule has 0 aliphatic carbocycles. The third kappa shape index (κ3) is 6.75. The molecule has 0 fully saturated rings. The minimum absolute atomic E-state index is 0. The molecule has 0 atom stereocenters. The molecule has 0 heterocycles. The molecule has 0 saturated carbocycles. The standard InChI is InChI=1S/C7H9NO3S.K.H/c8-12(9,10)11-6-7-4-2-1-3-5-7;;/h1-5H,6H2,(H2,8,9,10);;. The molecule has 0 unspecified atom stereocenters. The summed E-state index contributed by atoms with van der Waals surface area (Å²) in [6, 6.07) is 8.93. The Morgan fingerprint density at radius 1 is 1.23 bits per heavy atom. The van der Waals surface area contributed by atoms with Crippen LogP contribution in [-0.2, 0) is 21.1 Å². The van der Waals surface area contributed by atoms with E-state index < -0.39 is 10.3 Å². The van der Waals surface area contributed by atoms with Gasteiger partial charge in [-0.3, -0.25) is 4.18 Å². The molecular weight excluding hydrogens is 217 g/mol. The molecule has 0 amide bonds. The Morgan fingerprint density at radius 3 is 2.23 bits per heavy atom. The third-order valence-electron chi connectivity index (χ3n) is 1.23. The summed E-state index contributed by atoms with van der Waals surface area (Å²) < 4.78 is 25.1. The van der Waals surface area contributed by atoms with Crippen LogP contribution in [0, 0.1) is 0 Å². The first-order chi connectivity index (χ1) is 5.58. The van der Waals surface area contributed by atoms with Gasteiger partial charge in [-0.25, -0.2) is 5.14 Å². The second-order valence-corrected chi connectivity index (χ2v) is 3.46. The molecule has 2 N–H and O–H groups in total. The molecule has 1 aromatic carbocycles. The molecule has 0 radical (unpaired) electrons. The molecular formula is C7H10KNO3S. The van der Waals surface area contributed by atoms with Crippen molar-refractivity contribution < 1.29 is 12.6 Å². The third-order valence-corrected chi connectivity index (χ3v) is 1.68. The van der Waals surface area contributed by atoms with Crippen LogP contribution >= 0.6 is 0 Å². The second-order valence-electron chi connectivity index (χ2n) is 2.24. The van der Waals surface area contributed by atoms with E-state index in [2.05, 4.69) is 9.32 Å². The van der Waals surface area contributed by atoms with Crippen LogP contribution in [0.2, 0.25) is 0 Å². The maximum absolute atomic E-state index is 10.4. The van der Waals surface area contributed by atoms with E-state index in [0.29, 0.717) is 0 Å². The predicted molar refractivity (Wildman–Crippen MR) is 51.5 cm³/mol. The first-order valence-electron chi connectivity index (χ1n) is 3.29. The number of hydrogen-bond acceptors (Lipinski definition) is 3. The summed E-state index contributed by atoms with van der Waals surface area (Å²) in [5.74, 6) is 0. The van der Waals surface area contributed by atoms with Crippen LogP contribution in [0.4, 0.5) is 0 Å². The van der Waals surface area contributed by atoms with Gasteiger partial charge in [0.1, 0.15) is 0 Å². The Balaban J connectivity index is 0.00000144. The van der Waals surface area contributed by atoms with Gasteiger partial charge in [0, 0.05) is 0 Å². The predicted octanol–water partition coefficient (Wildman–Crippen LogP) is -0.242. The van der Waals surface area contributed by atoms with Gasteiger partial charge in [0.15, 0.2) is 0 Å². The summed E-state index contributed by atoms with van der Waals surface area (Å²) in [6.07, 6.45) is 0. The summed E-state index contributed by atoms with van der Waals surface area (Å²) in [6.45, 7) is -0.0142. The average molecular weight is 227 g/mol. The van der Waals surface area contributed by atoms with Gasteiger partial charge in [-0.1, -0.05) is 30.3 Å². The summed E-state index contributed by atoms with van der Waals surface area (Å²) >= 11 is 0. The van der Waals surface area contributed by atoms with Crippen molar-refractivity contribution in [1.82, 2.24) is 0 Å². The molecule has 13 heavy (non-hydrogen) atoms. The van der Waals surface area contributed by atoms with Crippen molar-refractivity contribution in [2.45, 2.75) is 6.61 Å². The monoisotopic (exact) mass is 227 g/mol. The number of benzene rings is 1. The molecule has 4 nitrogen and oxygen atoms in total. The van der Waals surface area contributed by atoms with Crippen molar-refractivity contribution in [3.8, 4) is 0 Å². The zero-order chi connectivity index (χ0) is 9.03. The Bertz CT molecular complexity index is 338. The topological polar surface area (TPSA) is 69.4 Å². The van der Waals surface area contributed by atoms with Crippen LogP contribution < -0.4 is 5.14 Å². The van der Waals surface area contributed by atoms with Gasteiger partial charge < -0.3 is 0 Å². The van der Waals surface area contributed by atoms with Crippen molar-refractivity contribution in [2.75, 3.05) is 0 Å². The molecule has 6 heteroatoms. The normalized spacial score (nSPS) is 10.5. The van der Waals surface area contributed by atoms with Crippen LogP contribution in [0.15, 0.2) is 30.3 Å².